The number of carbonyl (C=O) groups is 1. The molecule has 1 fully saturated rings. The fraction of sp³-hybridized carbons (Fsp3) is 0.263. The zero-order chi connectivity index (χ0) is 19.7. The van der Waals surface area contributed by atoms with E-state index < -0.39 is 5.82 Å². The van der Waals surface area contributed by atoms with Gasteiger partial charge in [0.2, 0.25) is 5.91 Å². The summed E-state index contributed by atoms with van der Waals surface area (Å²) in [4.78, 5) is 14.5. The van der Waals surface area contributed by atoms with Gasteiger partial charge in [0.25, 0.3) is 0 Å². The fourth-order valence-electron chi connectivity index (χ4n) is 3.50. The molecule has 1 unspecified atom stereocenters. The summed E-state index contributed by atoms with van der Waals surface area (Å²) in [6.07, 6.45) is 4.13. The Morgan fingerprint density at radius 2 is 2.18 bits per heavy atom. The van der Waals surface area contributed by atoms with Crippen LogP contribution in [0.3, 0.4) is 0 Å². The molecule has 1 amide bonds. The summed E-state index contributed by atoms with van der Waals surface area (Å²) < 4.78 is 13.7. The van der Waals surface area contributed by atoms with E-state index >= 15 is 0 Å². The molecule has 3 aromatic rings. The second-order valence-corrected chi connectivity index (χ2v) is 7.03. The van der Waals surface area contributed by atoms with E-state index in [0.717, 1.165) is 11.1 Å². The molecular weight excluding hydrogens is 385 g/mol. The average molecular weight is 402 g/mol. The van der Waals surface area contributed by atoms with Crippen molar-refractivity contribution in [2.45, 2.75) is 19.4 Å². The van der Waals surface area contributed by atoms with Gasteiger partial charge in [-0.3, -0.25) is 14.8 Å². The molecule has 0 bridgehead atoms. The summed E-state index contributed by atoms with van der Waals surface area (Å²) in [6, 6.07) is 6.33. The molecule has 0 aliphatic carbocycles. The number of benzene rings is 1. The Kier molecular flexibility index (Phi) is 5.06. The fourth-order valence-corrected chi connectivity index (χ4v) is 3.61. The Labute approximate surface area is 165 Å². The minimum absolute atomic E-state index is 0.0605. The highest BCUT2D eigenvalue weighted by Gasteiger charge is 2.35. The minimum atomic E-state index is -0.494. The van der Waals surface area contributed by atoms with E-state index in [4.69, 9.17) is 11.6 Å². The standard InChI is InChI=1S/C19H17ClFN5O2/c20-15-2-1-11(8-16(15)21)7-12-4-6-26(19(12)28)18-14(10-27)17(24-25-18)13-3-5-22-23-9-13/h1-3,5,8-9,12,27H,4,6-7,10H2,(H,24,25). The number of anilines is 1. The van der Waals surface area contributed by atoms with E-state index in [1.807, 2.05) is 0 Å². The van der Waals surface area contributed by atoms with Crippen molar-refractivity contribution in [2.75, 3.05) is 11.4 Å². The predicted molar refractivity (Wildman–Crippen MR) is 101 cm³/mol. The van der Waals surface area contributed by atoms with Gasteiger partial charge in [-0.05, 0) is 36.6 Å². The van der Waals surface area contributed by atoms with Crippen LogP contribution in [-0.4, -0.2) is 38.0 Å². The number of aromatic nitrogens is 4. The quantitative estimate of drug-likeness (QED) is 0.685. The van der Waals surface area contributed by atoms with E-state index in [2.05, 4.69) is 20.4 Å². The van der Waals surface area contributed by atoms with Crippen molar-refractivity contribution >= 4 is 23.3 Å². The molecule has 1 aromatic carbocycles. The second kappa shape index (κ2) is 7.65. The molecule has 1 aliphatic rings. The lowest BCUT2D eigenvalue weighted by Gasteiger charge is -2.16. The zero-order valence-corrected chi connectivity index (χ0v) is 15.5. The number of aliphatic hydroxyl groups is 1. The predicted octanol–water partition coefficient (Wildman–Crippen LogP) is 2.75. The molecule has 1 aliphatic heterocycles. The van der Waals surface area contributed by atoms with E-state index in [1.54, 1.807) is 29.4 Å². The molecule has 7 nitrogen and oxygen atoms in total. The van der Waals surface area contributed by atoms with E-state index in [-0.39, 0.29) is 23.5 Å². The van der Waals surface area contributed by atoms with E-state index in [9.17, 15) is 14.3 Å². The summed E-state index contributed by atoms with van der Waals surface area (Å²) >= 11 is 5.72. The lowest BCUT2D eigenvalue weighted by Crippen LogP contribution is -2.29. The number of hydrogen-bond acceptors (Lipinski definition) is 5. The molecule has 0 radical (unpaired) electrons. The Morgan fingerprint density at radius 3 is 2.89 bits per heavy atom. The Morgan fingerprint density at radius 1 is 1.32 bits per heavy atom. The van der Waals surface area contributed by atoms with Crippen LogP contribution in [0, 0.1) is 11.7 Å². The number of nitrogens with zero attached hydrogens (tertiary/aromatic N) is 4. The highest BCUT2D eigenvalue weighted by atomic mass is 35.5. The molecule has 1 atom stereocenters. The van der Waals surface area contributed by atoms with Gasteiger partial charge in [0, 0.05) is 23.6 Å². The van der Waals surface area contributed by atoms with Gasteiger partial charge in [-0.1, -0.05) is 17.7 Å². The van der Waals surface area contributed by atoms with Gasteiger partial charge in [-0.25, -0.2) is 4.39 Å². The van der Waals surface area contributed by atoms with Gasteiger partial charge >= 0.3 is 0 Å². The number of H-pyrrole nitrogens is 1. The van der Waals surface area contributed by atoms with Crippen LogP contribution in [0.5, 0.6) is 0 Å². The third-order valence-electron chi connectivity index (χ3n) is 4.91. The third-order valence-corrected chi connectivity index (χ3v) is 5.22. The molecule has 3 heterocycles. The minimum Gasteiger partial charge on any atom is -0.391 e. The lowest BCUT2D eigenvalue weighted by molar-refractivity contribution is -0.120. The topological polar surface area (TPSA) is 95.0 Å². The van der Waals surface area contributed by atoms with Gasteiger partial charge in [0.1, 0.15) is 5.82 Å². The molecule has 0 saturated carbocycles. The van der Waals surface area contributed by atoms with Crippen LogP contribution in [0.25, 0.3) is 11.3 Å². The molecule has 9 heteroatoms. The van der Waals surface area contributed by atoms with Gasteiger partial charge in [-0.15, -0.1) is 0 Å². The summed E-state index contributed by atoms with van der Waals surface area (Å²) in [5.74, 6) is -0.471. The smallest absolute Gasteiger partial charge is 0.231 e. The number of halogens is 2. The van der Waals surface area contributed by atoms with Gasteiger partial charge in [0.15, 0.2) is 5.82 Å². The van der Waals surface area contributed by atoms with Crippen LogP contribution in [0.1, 0.15) is 17.5 Å². The van der Waals surface area contributed by atoms with Crippen LogP contribution in [-0.2, 0) is 17.8 Å². The maximum atomic E-state index is 13.7. The van der Waals surface area contributed by atoms with Gasteiger partial charge < -0.3 is 5.11 Å². The largest absolute Gasteiger partial charge is 0.391 e. The highest BCUT2D eigenvalue weighted by molar-refractivity contribution is 6.30. The van der Waals surface area contributed by atoms with Crippen molar-refractivity contribution in [3.05, 3.63) is 58.6 Å². The van der Waals surface area contributed by atoms with Gasteiger partial charge in [0.05, 0.1) is 29.7 Å². The molecule has 2 aromatic heterocycles. The number of aromatic amines is 1. The monoisotopic (exact) mass is 401 g/mol. The van der Waals surface area contributed by atoms with E-state index in [1.165, 1.54) is 12.1 Å². The first-order valence-corrected chi connectivity index (χ1v) is 9.16. The van der Waals surface area contributed by atoms with Crippen molar-refractivity contribution in [3.8, 4) is 11.3 Å². The number of aliphatic hydroxyl groups excluding tert-OH is 1. The number of carbonyl (C=O) groups excluding carboxylic acids is 1. The van der Waals surface area contributed by atoms with Crippen LogP contribution < -0.4 is 4.90 Å². The van der Waals surface area contributed by atoms with Crippen LogP contribution >= 0.6 is 11.6 Å². The lowest BCUT2D eigenvalue weighted by atomic mass is 9.98. The van der Waals surface area contributed by atoms with Crippen molar-refractivity contribution in [1.29, 1.82) is 0 Å². The molecular formula is C19H17ClFN5O2. The molecule has 1 saturated heterocycles. The van der Waals surface area contributed by atoms with E-state index in [0.29, 0.717) is 36.5 Å². The molecule has 144 valence electrons. The Balaban J connectivity index is 1.57. The van der Waals surface area contributed by atoms with Crippen LogP contribution in [0.15, 0.2) is 36.7 Å². The van der Waals surface area contributed by atoms with Gasteiger partial charge in [-0.2, -0.15) is 15.3 Å². The Hall–Kier alpha value is -2.84. The number of amides is 1. The number of rotatable bonds is 5. The zero-order valence-electron chi connectivity index (χ0n) is 14.8. The third kappa shape index (κ3) is 3.36. The summed E-state index contributed by atoms with van der Waals surface area (Å²) in [5.41, 5.74) is 2.57. The van der Waals surface area contributed by atoms with Crippen LogP contribution in [0.2, 0.25) is 5.02 Å². The summed E-state index contributed by atoms with van der Waals surface area (Å²) in [5, 5.41) is 24.6. The number of hydrogen-bond donors (Lipinski definition) is 2. The van der Waals surface area contributed by atoms with Crippen molar-refractivity contribution in [2.24, 2.45) is 5.92 Å². The summed E-state index contributed by atoms with van der Waals surface area (Å²) in [7, 11) is 0. The SMILES string of the molecule is O=C1C(Cc2ccc(Cl)c(F)c2)CCN1c1n[nH]c(-c2ccnnc2)c1CO. The normalized spacial score (nSPS) is 16.8. The maximum absolute atomic E-state index is 13.7. The molecule has 0 spiro atoms. The summed E-state index contributed by atoms with van der Waals surface area (Å²) in [6.45, 7) is 0.200. The highest BCUT2D eigenvalue weighted by Crippen LogP contribution is 2.33. The molecule has 4 rings (SSSR count). The molecule has 2 N–H and O–H groups in total. The molecule has 28 heavy (non-hydrogen) atoms. The first-order valence-electron chi connectivity index (χ1n) is 8.79. The maximum Gasteiger partial charge on any atom is 0.231 e. The van der Waals surface area contributed by atoms with Crippen molar-refractivity contribution in [1.82, 2.24) is 20.4 Å². The Bertz CT molecular complexity index is 1010. The number of nitrogens with one attached hydrogen (secondary N) is 1. The van der Waals surface area contributed by atoms with Crippen molar-refractivity contribution in [3.63, 3.8) is 0 Å². The van der Waals surface area contributed by atoms with Crippen molar-refractivity contribution < 1.29 is 14.3 Å². The first kappa shape index (κ1) is 18.5. The first-order chi connectivity index (χ1) is 13.6. The average Bonchev–Trinajstić information content (AvgIpc) is 3.29. The van der Waals surface area contributed by atoms with Crippen LogP contribution in [0.4, 0.5) is 10.2 Å². The second-order valence-electron chi connectivity index (χ2n) is 6.62.